The maximum atomic E-state index is 12.1. The third-order valence-electron chi connectivity index (χ3n) is 3.63. The minimum Gasteiger partial charge on any atom is -0.352 e. The van der Waals surface area contributed by atoms with Crippen LogP contribution in [0.5, 0.6) is 0 Å². The van der Waals surface area contributed by atoms with Crippen molar-refractivity contribution in [2.45, 2.75) is 26.3 Å². The minimum absolute atomic E-state index is 0. The first kappa shape index (κ1) is 13.1. The Kier molecular flexibility index (Phi) is 4.76. The Morgan fingerprint density at radius 1 is 1.44 bits per heavy atom. The molecule has 0 saturated carbocycles. The summed E-state index contributed by atoms with van der Waals surface area (Å²) in [6.45, 7) is 5.89. The standard InChI is InChI=1S/C15H22N2O.H2/c1-2-17-10-6-9-14(12-17)15(18)16-11-13-7-4-3-5-8-13;/h3-5,7-8,14H,2,6,9-12H2,1H3,(H,16,18);1H. The zero-order chi connectivity index (χ0) is 12.8. The zero-order valence-electron chi connectivity index (χ0n) is 11.1. The van der Waals surface area contributed by atoms with E-state index in [-0.39, 0.29) is 13.3 Å². The average molecular weight is 248 g/mol. The molecule has 1 atom stereocenters. The Bertz CT molecular complexity index is 383. The highest BCUT2D eigenvalue weighted by Gasteiger charge is 2.24. The lowest BCUT2D eigenvalue weighted by Crippen LogP contribution is -2.42. The van der Waals surface area contributed by atoms with Crippen molar-refractivity contribution in [3.05, 3.63) is 35.9 Å². The molecule has 1 aliphatic heterocycles. The lowest BCUT2D eigenvalue weighted by molar-refractivity contribution is -0.126. The summed E-state index contributed by atoms with van der Waals surface area (Å²) in [4.78, 5) is 14.5. The Balaban J connectivity index is 0.00000180. The van der Waals surface area contributed by atoms with Crippen molar-refractivity contribution in [1.29, 1.82) is 0 Å². The van der Waals surface area contributed by atoms with E-state index in [1.54, 1.807) is 0 Å². The summed E-state index contributed by atoms with van der Waals surface area (Å²) >= 11 is 0. The maximum Gasteiger partial charge on any atom is 0.224 e. The molecule has 100 valence electrons. The third kappa shape index (κ3) is 3.57. The van der Waals surface area contributed by atoms with Crippen LogP contribution in [-0.2, 0) is 11.3 Å². The molecular formula is C15H24N2O. The van der Waals surface area contributed by atoms with Crippen LogP contribution in [0.3, 0.4) is 0 Å². The van der Waals surface area contributed by atoms with E-state index >= 15 is 0 Å². The van der Waals surface area contributed by atoms with Crippen LogP contribution in [-0.4, -0.2) is 30.4 Å². The number of rotatable bonds is 4. The Hall–Kier alpha value is -1.35. The molecule has 1 N–H and O–H groups in total. The van der Waals surface area contributed by atoms with E-state index in [9.17, 15) is 4.79 Å². The summed E-state index contributed by atoms with van der Waals surface area (Å²) in [6.07, 6.45) is 2.16. The van der Waals surface area contributed by atoms with Gasteiger partial charge >= 0.3 is 0 Å². The van der Waals surface area contributed by atoms with Gasteiger partial charge in [-0.05, 0) is 31.5 Å². The van der Waals surface area contributed by atoms with Gasteiger partial charge in [0.15, 0.2) is 0 Å². The van der Waals surface area contributed by atoms with E-state index in [0.717, 1.165) is 38.0 Å². The Labute approximate surface area is 111 Å². The number of piperidine rings is 1. The summed E-state index contributed by atoms with van der Waals surface area (Å²) in [6, 6.07) is 10.1. The molecule has 1 aliphatic rings. The monoisotopic (exact) mass is 248 g/mol. The van der Waals surface area contributed by atoms with E-state index in [0.29, 0.717) is 6.54 Å². The molecule has 0 bridgehead atoms. The zero-order valence-corrected chi connectivity index (χ0v) is 11.1. The van der Waals surface area contributed by atoms with E-state index in [1.165, 1.54) is 0 Å². The quantitative estimate of drug-likeness (QED) is 0.886. The summed E-state index contributed by atoms with van der Waals surface area (Å²) in [7, 11) is 0. The molecule has 1 saturated heterocycles. The number of nitrogens with zero attached hydrogens (tertiary/aromatic N) is 1. The molecule has 3 nitrogen and oxygen atoms in total. The second-order valence-electron chi connectivity index (χ2n) is 4.94. The molecule has 1 fully saturated rings. The van der Waals surface area contributed by atoms with Crippen LogP contribution in [0.1, 0.15) is 26.8 Å². The second kappa shape index (κ2) is 6.55. The molecule has 0 aromatic heterocycles. The van der Waals surface area contributed by atoms with E-state index in [2.05, 4.69) is 17.1 Å². The summed E-state index contributed by atoms with van der Waals surface area (Å²) < 4.78 is 0. The van der Waals surface area contributed by atoms with Crippen LogP contribution in [0.4, 0.5) is 0 Å². The van der Waals surface area contributed by atoms with Gasteiger partial charge < -0.3 is 10.2 Å². The van der Waals surface area contributed by atoms with Gasteiger partial charge in [-0.1, -0.05) is 37.3 Å². The summed E-state index contributed by atoms with van der Waals surface area (Å²) in [5, 5.41) is 3.05. The number of hydrogen-bond donors (Lipinski definition) is 1. The van der Waals surface area contributed by atoms with E-state index in [1.807, 2.05) is 30.3 Å². The fraction of sp³-hybridized carbons (Fsp3) is 0.533. The van der Waals surface area contributed by atoms with Crippen LogP contribution in [0.2, 0.25) is 0 Å². The lowest BCUT2D eigenvalue weighted by atomic mass is 9.97. The van der Waals surface area contributed by atoms with E-state index in [4.69, 9.17) is 0 Å². The highest BCUT2D eigenvalue weighted by atomic mass is 16.1. The number of amides is 1. The van der Waals surface area contributed by atoms with Gasteiger partial charge in [-0.3, -0.25) is 4.79 Å². The van der Waals surface area contributed by atoms with Crippen LogP contribution in [0.25, 0.3) is 0 Å². The second-order valence-corrected chi connectivity index (χ2v) is 4.94. The molecule has 1 aromatic rings. The van der Waals surface area contributed by atoms with Crippen LogP contribution < -0.4 is 5.32 Å². The number of benzene rings is 1. The molecule has 1 unspecified atom stereocenters. The SMILES string of the molecule is CCN1CCCC(C(=O)NCc2ccccc2)C1.[HH]. The van der Waals surface area contributed by atoms with Crippen molar-refractivity contribution < 1.29 is 6.22 Å². The Morgan fingerprint density at radius 3 is 2.94 bits per heavy atom. The third-order valence-corrected chi connectivity index (χ3v) is 3.63. The van der Waals surface area contributed by atoms with Crippen molar-refractivity contribution in [3.63, 3.8) is 0 Å². The maximum absolute atomic E-state index is 12.1. The van der Waals surface area contributed by atoms with Gasteiger partial charge in [0.1, 0.15) is 0 Å². The van der Waals surface area contributed by atoms with Crippen LogP contribution >= 0.6 is 0 Å². The van der Waals surface area contributed by atoms with Gasteiger partial charge in [0.2, 0.25) is 5.91 Å². The lowest BCUT2D eigenvalue weighted by Gasteiger charge is -2.30. The van der Waals surface area contributed by atoms with Crippen molar-refractivity contribution in [2.75, 3.05) is 19.6 Å². The topological polar surface area (TPSA) is 32.3 Å². The first-order valence-electron chi connectivity index (χ1n) is 6.83. The van der Waals surface area contributed by atoms with Gasteiger partial charge in [-0.25, -0.2) is 0 Å². The molecule has 18 heavy (non-hydrogen) atoms. The van der Waals surface area contributed by atoms with Crippen LogP contribution in [0, 0.1) is 5.92 Å². The smallest absolute Gasteiger partial charge is 0.224 e. The van der Waals surface area contributed by atoms with Gasteiger partial charge in [-0.2, -0.15) is 0 Å². The normalized spacial score (nSPS) is 20.6. The first-order chi connectivity index (χ1) is 8.79. The van der Waals surface area contributed by atoms with E-state index < -0.39 is 0 Å². The largest absolute Gasteiger partial charge is 0.352 e. The minimum atomic E-state index is 0. The van der Waals surface area contributed by atoms with Gasteiger partial charge in [0, 0.05) is 14.5 Å². The fourth-order valence-corrected chi connectivity index (χ4v) is 2.49. The van der Waals surface area contributed by atoms with Gasteiger partial charge in [0.05, 0.1) is 5.92 Å². The molecule has 3 heteroatoms. The molecule has 1 amide bonds. The van der Waals surface area contributed by atoms with Crippen molar-refractivity contribution in [3.8, 4) is 0 Å². The number of likely N-dealkylation sites (tertiary alicyclic amines) is 1. The molecule has 0 aliphatic carbocycles. The number of carbonyl (C=O) groups excluding carboxylic acids is 1. The fourth-order valence-electron chi connectivity index (χ4n) is 2.49. The summed E-state index contributed by atoms with van der Waals surface area (Å²) in [5.74, 6) is 0.374. The molecule has 1 aromatic carbocycles. The number of carbonyl (C=O) groups is 1. The average Bonchev–Trinajstić information content (AvgIpc) is 2.46. The first-order valence-corrected chi connectivity index (χ1v) is 6.83. The van der Waals surface area contributed by atoms with Crippen molar-refractivity contribution in [2.24, 2.45) is 5.92 Å². The number of nitrogens with one attached hydrogen (secondary N) is 1. The molecule has 0 radical (unpaired) electrons. The van der Waals surface area contributed by atoms with Crippen molar-refractivity contribution in [1.82, 2.24) is 10.2 Å². The van der Waals surface area contributed by atoms with Gasteiger partial charge in [0.25, 0.3) is 0 Å². The summed E-state index contributed by atoms with van der Waals surface area (Å²) in [5.41, 5.74) is 1.16. The highest BCUT2D eigenvalue weighted by Crippen LogP contribution is 2.16. The Morgan fingerprint density at radius 2 is 2.22 bits per heavy atom. The predicted molar refractivity (Wildman–Crippen MR) is 75.2 cm³/mol. The molecular weight excluding hydrogens is 224 g/mol. The van der Waals surface area contributed by atoms with Crippen LogP contribution in [0.15, 0.2) is 30.3 Å². The molecule has 1 heterocycles. The molecule has 2 rings (SSSR count). The predicted octanol–water partition coefficient (Wildman–Crippen LogP) is 2.28. The molecule has 0 spiro atoms. The number of hydrogen-bond acceptors (Lipinski definition) is 2. The van der Waals surface area contributed by atoms with Crippen molar-refractivity contribution >= 4 is 5.91 Å². The highest BCUT2D eigenvalue weighted by molar-refractivity contribution is 5.78. The van der Waals surface area contributed by atoms with Gasteiger partial charge in [-0.15, -0.1) is 0 Å².